The maximum atomic E-state index is 13.7. The van der Waals surface area contributed by atoms with Crippen LogP contribution in [0, 0.1) is 11.8 Å². The van der Waals surface area contributed by atoms with Crippen LogP contribution < -0.4 is 5.73 Å². The van der Waals surface area contributed by atoms with Crippen molar-refractivity contribution in [3.05, 3.63) is 52.3 Å². The Kier molecular flexibility index (Phi) is 5.19. The molecule has 0 unspecified atom stereocenters. The molecule has 0 heterocycles. The fourth-order valence-electron chi connectivity index (χ4n) is 5.50. The summed E-state index contributed by atoms with van der Waals surface area (Å²) in [4.78, 5) is 40.1. The second-order valence-corrected chi connectivity index (χ2v) is 9.31. The van der Waals surface area contributed by atoms with E-state index in [9.17, 15) is 34.8 Å². The Morgan fingerprint density at radius 3 is 2.42 bits per heavy atom. The zero-order valence-corrected chi connectivity index (χ0v) is 18.7. The molecule has 4 rings (SSSR count). The maximum absolute atomic E-state index is 13.7. The van der Waals surface area contributed by atoms with Crippen molar-refractivity contribution in [3.8, 4) is 5.75 Å². The zero-order chi connectivity index (χ0) is 24.6. The van der Waals surface area contributed by atoms with Crippen molar-refractivity contribution in [2.24, 2.45) is 17.6 Å². The van der Waals surface area contributed by atoms with Crippen LogP contribution in [0.4, 0.5) is 0 Å². The van der Waals surface area contributed by atoms with Crippen LogP contribution in [0.3, 0.4) is 0 Å². The minimum absolute atomic E-state index is 0.00954. The number of Topliss-reactive ketones (excluding diaryl/α,β-unsaturated/α-hetero) is 2. The molecule has 0 saturated heterocycles. The van der Waals surface area contributed by atoms with Gasteiger partial charge in [-0.2, -0.15) is 0 Å². The highest BCUT2D eigenvalue weighted by Gasteiger charge is 2.64. The largest absolute Gasteiger partial charge is 0.508 e. The van der Waals surface area contributed by atoms with Crippen molar-refractivity contribution in [2.45, 2.75) is 24.5 Å². The van der Waals surface area contributed by atoms with Crippen LogP contribution in [-0.2, 0) is 20.8 Å². The van der Waals surface area contributed by atoms with Gasteiger partial charge < -0.3 is 26.2 Å². The molecule has 0 aliphatic heterocycles. The Labute approximate surface area is 194 Å². The molecule has 1 fully saturated rings. The van der Waals surface area contributed by atoms with Gasteiger partial charge in [-0.05, 0) is 56.1 Å². The first-order valence-corrected chi connectivity index (χ1v) is 10.6. The lowest BCUT2D eigenvalue weighted by molar-refractivity contribution is -0.153. The van der Waals surface area contributed by atoms with Gasteiger partial charge in [0, 0.05) is 16.5 Å². The number of ketones is 2. The molecule has 6 N–H and O–H groups in total. The topological polar surface area (TPSA) is 161 Å². The van der Waals surface area contributed by atoms with Gasteiger partial charge in [0.05, 0.1) is 11.6 Å². The van der Waals surface area contributed by atoms with Crippen molar-refractivity contribution >= 4 is 39.9 Å². The van der Waals surface area contributed by atoms with E-state index >= 15 is 0 Å². The molecule has 10 heteroatoms. The van der Waals surface area contributed by atoms with Crippen molar-refractivity contribution < 1.29 is 34.8 Å². The van der Waals surface area contributed by atoms with E-state index in [0.717, 1.165) is 0 Å². The molecule has 1 aromatic carbocycles. The predicted octanol–water partition coefficient (Wildman–Crippen LogP) is 1.17. The Morgan fingerprint density at radius 1 is 1.24 bits per heavy atom. The van der Waals surface area contributed by atoms with Crippen LogP contribution >= 0.6 is 11.6 Å². The number of nitrogens with zero attached hydrogens (tertiary/aromatic N) is 1. The quantitative estimate of drug-likeness (QED) is 0.408. The van der Waals surface area contributed by atoms with E-state index in [1.54, 1.807) is 20.2 Å². The number of likely N-dealkylation sites (N-methyl/N-ethyl adjacent to an activating group) is 1. The number of fused-ring (bicyclic) bond motifs is 3. The van der Waals surface area contributed by atoms with Gasteiger partial charge >= 0.3 is 0 Å². The first-order valence-electron chi connectivity index (χ1n) is 10.2. The molecule has 0 spiro atoms. The van der Waals surface area contributed by atoms with Crippen LogP contribution in [-0.4, -0.2) is 68.5 Å². The van der Waals surface area contributed by atoms with Crippen LogP contribution in [0.15, 0.2) is 35.6 Å². The summed E-state index contributed by atoms with van der Waals surface area (Å²) in [6.45, 7) is 3.71. The Hall–Kier alpha value is -3.14. The normalized spacial score (nSPS) is 29.1. The van der Waals surface area contributed by atoms with E-state index in [1.807, 2.05) is 0 Å². The first-order chi connectivity index (χ1) is 15.3. The molecule has 0 radical (unpaired) electrons. The van der Waals surface area contributed by atoms with Gasteiger partial charge in [0.2, 0.25) is 5.78 Å². The lowest BCUT2D eigenvalue weighted by Crippen LogP contribution is -2.65. The highest BCUT2D eigenvalue weighted by atomic mass is 35.5. The monoisotopic (exact) mass is 474 g/mol. The summed E-state index contributed by atoms with van der Waals surface area (Å²) in [7, 11) is 3.09. The number of aliphatic hydroxyl groups is 3. The van der Waals surface area contributed by atoms with Gasteiger partial charge in [-0.15, -0.1) is 0 Å². The minimum Gasteiger partial charge on any atom is -0.508 e. The summed E-state index contributed by atoms with van der Waals surface area (Å²) in [6.07, 6.45) is 0.166. The lowest BCUT2D eigenvalue weighted by Gasteiger charge is -2.50. The SMILES string of the molecule is C=C(Cl)c1ccc(O)c2c1C[C@H]1C[C@H]3[C@H](N(C)C)C(=O)C(C(N)=O)=C(O)[C@@]3(O)C(=O)C1=C2O. The number of carbonyl (C=O) groups is 3. The second-order valence-electron chi connectivity index (χ2n) is 8.85. The van der Waals surface area contributed by atoms with Gasteiger partial charge in [0.15, 0.2) is 11.4 Å². The minimum atomic E-state index is -2.66. The standard InChI is InChI=1S/C23H23ClN2O7/c1-8(24)10-4-5-13(27)15-11(10)6-9-7-12-17(26(2)3)19(29)16(22(25)32)21(31)23(12,33)20(30)14(9)18(15)28/h4-5,9,12,17,27-28,31,33H,1,6-7H2,2-3H3,(H2,25,32)/t9-,12-,17-,23-/m0/s1. The second kappa shape index (κ2) is 7.44. The number of nitrogens with two attached hydrogens (primary N) is 1. The average molecular weight is 475 g/mol. The number of rotatable bonds is 3. The van der Waals surface area contributed by atoms with Gasteiger partial charge in [0.25, 0.3) is 5.91 Å². The Balaban J connectivity index is 2.00. The molecule has 9 nitrogen and oxygen atoms in total. The summed E-state index contributed by atoms with van der Waals surface area (Å²) in [5, 5.41) is 43.9. The van der Waals surface area contributed by atoms with Crippen LogP contribution in [0.1, 0.15) is 23.1 Å². The first kappa shape index (κ1) is 23.0. The molecular formula is C23H23ClN2O7. The molecule has 174 valence electrons. The molecule has 1 amide bonds. The Morgan fingerprint density at radius 2 is 1.88 bits per heavy atom. The molecule has 4 atom stereocenters. The van der Waals surface area contributed by atoms with Crippen molar-refractivity contribution in [1.29, 1.82) is 0 Å². The molecule has 33 heavy (non-hydrogen) atoms. The van der Waals surface area contributed by atoms with E-state index in [-0.39, 0.29) is 34.8 Å². The molecular weight excluding hydrogens is 452 g/mol. The molecule has 3 aliphatic carbocycles. The van der Waals surface area contributed by atoms with Crippen molar-refractivity contribution in [3.63, 3.8) is 0 Å². The third kappa shape index (κ3) is 2.96. The third-order valence-electron chi connectivity index (χ3n) is 6.90. The van der Waals surface area contributed by atoms with Gasteiger partial charge in [-0.1, -0.05) is 18.2 Å². The van der Waals surface area contributed by atoms with Crippen LogP contribution in [0.5, 0.6) is 5.75 Å². The third-order valence-corrected chi connectivity index (χ3v) is 7.10. The number of amides is 1. The number of hydrogen-bond acceptors (Lipinski definition) is 8. The van der Waals surface area contributed by atoms with E-state index in [1.165, 1.54) is 11.0 Å². The van der Waals surface area contributed by atoms with Gasteiger partial charge in [-0.3, -0.25) is 19.3 Å². The van der Waals surface area contributed by atoms with Crippen molar-refractivity contribution in [2.75, 3.05) is 14.1 Å². The fourth-order valence-corrected chi connectivity index (χ4v) is 5.68. The van der Waals surface area contributed by atoms with Crippen LogP contribution in [0.25, 0.3) is 10.8 Å². The highest BCUT2D eigenvalue weighted by molar-refractivity contribution is 6.48. The van der Waals surface area contributed by atoms with Gasteiger partial charge in [-0.25, -0.2) is 0 Å². The molecule has 1 saturated carbocycles. The molecule has 3 aliphatic rings. The number of hydrogen-bond donors (Lipinski definition) is 5. The summed E-state index contributed by atoms with van der Waals surface area (Å²) >= 11 is 6.11. The predicted molar refractivity (Wildman–Crippen MR) is 119 cm³/mol. The molecule has 1 aromatic rings. The number of phenols is 1. The van der Waals surface area contributed by atoms with E-state index in [4.69, 9.17) is 17.3 Å². The Bertz CT molecular complexity index is 1220. The van der Waals surface area contributed by atoms with E-state index < -0.39 is 58.0 Å². The number of aliphatic hydroxyl groups excluding tert-OH is 2. The van der Waals surface area contributed by atoms with Crippen molar-refractivity contribution in [1.82, 2.24) is 4.90 Å². The van der Waals surface area contributed by atoms with Crippen LogP contribution in [0.2, 0.25) is 0 Å². The number of phenolic OH excluding ortho intramolecular Hbond substituents is 1. The summed E-state index contributed by atoms with van der Waals surface area (Å²) in [6, 6.07) is 1.71. The summed E-state index contributed by atoms with van der Waals surface area (Å²) in [5.41, 5.74) is 2.50. The zero-order valence-electron chi connectivity index (χ0n) is 17.9. The highest BCUT2D eigenvalue weighted by Crippen LogP contribution is 2.53. The molecule has 0 bridgehead atoms. The average Bonchev–Trinajstić information content (AvgIpc) is 2.70. The number of aromatic hydroxyl groups is 1. The number of primary amides is 1. The maximum Gasteiger partial charge on any atom is 0.255 e. The summed E-state index contributed by atoms with van der Waals surface area (Å²) < 4.78 is 0. The summed E-state index contributed by atoms with van der Waals surface area (Å²) in [5.74, 6) is -6.92. The lowest BCUT2D eigenvalue weighted by atomic mass is 9.57. The fraction of sp³-hybridized carbons (Fsp3) is 0.348. The molecule has 0 aromatic heterocycles. The number of benzene rings is 1. The smallest absolute Gasteiger partial charge is 0.255 e. The van der Waals surface area contributed by atoms with Gasteiger partial charge in [0.1, 0.15) is 22.8 Å². The van der Waals surface area contributed by atoms with E-state index in [2.05, 4.69) is 6.58 Å². The number of halogens is 1. The van der Waals surface area contributed by atoms with E-state index in [0.29, 0.717) is 11.1 Å². The number of carbonyl (C=O) groups excluding carboxylic acids is 3.